The molecule has 0 spiro atoms. The monoisotopic (exact) mass is 369 g/mol. The molecule has 1 aromatic carbocycles. The van der Waals surface area contributed by atoms with Crippen LogP contribution in [0, 0.1) is 12.5 Å². The molecule has 1 radical (unpaired) electrons. The third-order valence-corrected chi connectivity index (χ3v) is 4.86. The van der Waals surface area contributed by atoms with Crippen LogP contribution in [0.2, 0.25) is 0 Å². The number of rotatable bonds is 5. The van der Waals surface area contributed by atoms with Crippen molar-refractivity contribution in [2.45, 2.75) is 44.6 Å². The standard InChI is InChI=1S/C19H24N2.Y/c1-2-20-15-17-8-6-16(7-9-17)12-18-13-19(14-18)21-10-4-3-5-11-21;/h1-2,6-9,18-19H,3-5,10-14H2;/q-2;. The van der Waals surface area contributed by atoms with Gasteiger partial charge >= 0.3 is 0 Å². The molecule has 3 heteroatoms. The summed E-state index contributed by atoms with van der Waals surface area (Å²) in [6.45, 7) is 7.88. The molecule has 0 bridgehead atoms. The molecule has 0 amide bonds. The van der Waals surface area contributed by atoms with E-state index in [0.717, 1.165) is 17.5 Å². The number of hydrogen-bond acceptors (Lipinski definition) is 2. The Bertz CT molecular complexity index is 483. The topological polar surface area (TPSA) is 15.6 Å². The van der Waals surface area contributed by atoms with Crippen molar-refractivity contribution < 1.29 is 32.7 Å². The molecule has 3 rings (SSSR count). The summed E-state index contributed by atoms with van der Waals surface area (Å²) >= 11 is 0. The van der Waals surface area contributed by atoms with E-state index >= 15 is 0 Å². The molecule has 0 aromatic heterocycles. The summed E-state index contributed by atoms with van der Waals surface area (Å²) in [7, 11) is 0. The molecule has 1 saturated heterocycles. The fourth-order valence-electron chi connectivity index (χ4n) is 3.61. The van der Waals surface area contributed by atoms with E-state index in [-0.39, 0.29) is 32.7 Å². The molecule has 2 nitrogen and oxygen atoms in total. The summed E-state index contributed by atoms with van der Waals surface area (Å²) in [5, 5.41) is 0. The predicted octanol–water partition coefficient (Wildman–Crippen LogP) is 3.73. The van der Waals surface area contributed by atoms with E-state index in [0.29, 0.717) is 0 Å². The maximum Gasteiger partial charge on any atom is 0.0101 e. The Hall–Kier alpha value is -0.306. The molecular formula is C19H24N2Y-2. The second kappa shape index (κ2) is 9.10. The van der Waals surface area contributed by atoms with Gasteiger partial charge in [0.2, 0.25) is 0 Å². The Morgan fingerprint density at radius 3 is 2.45 bits per heavy atom. The van der Waals surface area contributed by atoms with Gasteiger partial charge in [0.25, 0.3) is 0 Å². The van der Waals surface area contributed by atoms with Crippen molar-refractivity contribution in [2.75, 3.05) is 13.1 Å². The van der Waals surface area contributed by atoms with Crippen LogP contribution in [0.4, 0.5) is 0 Å². The van der Waals surface area contributed by atoms with Gasteiger partial charge in [-0.1, -0.05) is 12.0 Å². The van der Waals surface area contributed by atoms with E-state index in [1.165, 1.54) is 63.4 Å². The van der Waals surface area contributed by atoms with Crippen LogP contribution >= 0.6 is 0 Å². The van der Waals surface area contributed by atoms with Crippen molar-refractivity contribution in [2.24, 2.45) is 10.9 Å². The summed E-state index contributed by atoms with van der Waals surface area (Å²) in [6, 6.07) is 9.41. The third-order valence-electron chi connectivity index (χ3n) is 4.86. The minimum Gasteiger partial charge on any atom is -0.548 e. The number of nitrogens with zero attached hydrogens (tertiary/aromatic N) is 2. The van der Waals surface area contributed by atoms with Gasteiger partial charge in [0, 0.05) is 38.8 Å². The molecule has 22 heavy (non-hydrogen) atoms. The molecule has 115 valence electrons. The molecule has 2 fully saturated rings. The van der Waals surface area contributed by atoms with Gasteiger partial charge < -0.3 is 16.5 Å². The fraction of sp³-hybridized carbons (Fsp3) is 0.526. The summed E-state index contributed by atoms with van der Waals surface area (Å²) in [5.41, 5.74) is 2.42. The average molecular weight is 369 g/mol. The zero-order valence-electron chi connectivity index (χ0n) is 13.2. The maximum atomic E-state index is 5.21. The largest absolute Gasteiger partial charge is 0.548 e. The van der Waals surface area contributed by atoms with Crippen LogP contribution in [0.15, 0.2) is 35.5 Å². The number of piperidine rings is 1. The Labute approximate surface area is 160 Å². The Morgan fingerprint density at radius 1 is 1.14 bits per heavy atom. The van der Waals surface area contributed by atoms with Gasteiger partial charge in [0.1, 0.15) is 0 Å². The number of benzene rings is 1. The van der Waals surface area contributed by atoms with Crippen molar-refractivity contribution in [3.05, 3.63) is 48.2 Å². The van der Waals surface area contributed by atoms with E-state index in [1.54, 1.807) is 0 Å². The van der Waals surface area contributed by atoms with Crippen molar-refractivity contribution in [1.82, 2.24) is 4.90 Å². The van der Waals surface area contributed by atoms with Gasteiger partial charge in [-0.05, 0) is 57.3 Å². The molecule has 1 saturated carbocycles. The second-order valence-electron chi connectivity index (χ2n) is 6.38. The van der Waals surface area contributed by atoms with Crippen molar-refractivity contribution >= 4 is 6.21 Å². The minimum absolute atomic E-state index is 0. The van der Waals surface area contributed by atoms with Crippen LogP contribution in [0.1, 0.15) is 43.2 Å². The van der Waals surface area contributed by atoms with Crippen LogP contribution in [0.25, 0.3) is 0 Å². The predicted molar refractivity (Wildman–Crippen MR) is 87.5 cm³/mol. The molecule has 0 unspecified atom stereocenters. The molecule has 1 aliphatic heterocycles. The van der Waals surface area contributed by atoms with Gasteiger partial charge in [-0.3, -0.25) is 0 Å². The van der Waals surface area contributed by atoms with Crippen molar-refractivity contribution in [1.29, 1.82) is 0 Å². The first-order chi connectivity index (χ1) is 10.3. The van der Waals surface area contributed by atoms with Crippen LogP contribution < -0.4 is 0 Å². The Kier molecular flexibility index (Phi) is 7.46. The first-order valence-corrected chi connectivity index (χ1v) is 8.17. The zero-order chi connectivity index (χ0) is 14.5. The quantitative estimate of drug-likeness (QED) is 0.570. The van der Waals surface area contributed by atoms with Gasteiger partial charge in [-0.15, -0.1) is 29.8 Å². The molecule has 1 aliphatic carbocycles. The summed E-state index contributed by atoms with van der Waals surface area (Å²) in [4.78, 5) is 6.54. The molecule has 2 aliphatic rings. The van der Waals surface area contributed by atoms with Crippen LogP contribution in [0.3, 0.4) is 0 Å². The van der Waals surface area contributed by atoms with Gasteiger partial charge in [-0.2, -0.15) is 0 Å². The SMILES string of the molecule is [CH-]=CN=[C-]c1ccc(CC2CC(N3CCCCC3)C2)cc1.[Y]. The van der Waals surface area contributed by atoms with Crippen molar-refractivity contribution in [3.8, 4) is 0 Å². The summed E-state index contributed by atoms with van der Waals surface area (Å²) in [6.07, 6.45) is 12.4. The van der Waals surface area contributed by atoms with Gasteiger partial charge in [-0.25, -0.2) is 6.20 Å². The van der Waals surface area contributed by atoms with E-state index < -0.39 is 0 Å². The molecule has 0 N–H and O–H groups in total. The molecule has 1 aromatic rings. The zero-order valence-corrected chi connectivity index (χ0v) is 16.1. The van der Waals surface area contributed by atoms with Crippen LogP contribution in [0.5, 0.6) is 0 Å². The Balaban J connectivity index is 0.00000176. The summed E-state index contributed by atoms with van der Waals surface area (Å²) in [5.74, 6) is 0.873. The third kappa shape index (κ3) is 4.84. The molecule has 1 heterocycles. The van der Waals surface area contributed by atoms with E-state index in [1.807, 2.05) is 0 Å². The Morgan fingerprint density at radius 2 is 1.82 bits per heavy atom. The minimum atomic E-state index is 0. The van der Waals surface area contributed by atoms with Gasteiger partial charge in [0.15, 0.2) is 0 Å². The number of aliphatic imine (C=N–C) groups is 1. The van der Waals surface area contributed by atoms with E-state index in [9.17, 15) is 0 Å². The summed E-state index contributed by atoms with van der Waals surface area (Å²) < 4.78 is 0. The first kappa shape index (κ1) is 18.0. The maximum absolute atomic E-state index is 5.21. The number of likely N-dealkylation sites (tertiary alicyclic amines) is 1. The van der Waals surface area contributed by atoms with Crippen LogP contribution in [-0.2, 0) is 39.1 Å². The fourth-order valence-corrected chi connectivity index (χ4v) is 3.61. The molecule has 0 atom stereocenters. The molecular weight excluding hydrogens is 345 g/mol. The smallest absolute Gasteiger partial charge is 0.0101 e. The second-order valence-corrected chi connectivity index (χ2v) is 6.38. The van der Waals surface area contributed by atoms with Gasteiger partial charge in [0.05, 0.1) is 0 Å². The normalized spacial score (nSPS) is 25.5. The number of hydrogen-bond donors (Lipinski definition) is 0. The first-order valence-electron chi connectivity index (χ1n) is 8.17. The van der Waals surface area contributed by atoms with Crippen LogP contribution in [-0.4, -0.2) is 30.2 Å². The van der Waals surface area contributed by atoms with E-state index in [4.69, 9.17) is 6.58 Å². The van der Waals surface area contributed by atoms with E-state index in [2.05, 4.69) is 40.4 Å². The average Bonchev–Trinajstić information content (AvgIpc) is 2.50. The van der Waals surface area contributed by atoms with Crippen molar-refractivity contribution in [3.63, 3.8) is 0 Å².